The van der Waals surface area contributed by atoms with Gasteiger partial charge in [0.1, 0.15) is 11.8 Å². The first-order chi connectivity index (χ1) is 15.6. The van der Waals surface area contributed by atoms with Gasteiger partial charge >= 0.3 is 6.01 Å². The summed E-state index contributed by atoms with van der Waals surface area (Å²) >= 11 is 0. The van der Waals surface area contributed by atoms with Gasteiger partial charge in [0.15, 0.2) is 11.6 Å². The van der Waals surface area contributed by atoms with Crippen molar-refractivity contribution in [2.24, 2.45) is 11.8 Å². The summed E-state index contributed by atoms with van der Waals surface area (Å²) in [6.45, 7) is 3.88. The van der Waals surface area contributed by atoms with Gasteiger partial charge in [-0.1, -0.05) is 0 Å². The van der Waals surface area contributed by atoms with Gasteiger partial charge < -0.3 is 20.7 Å². The number of fused-ring (bicyclic) bond motifs is 2. The van der Waals surface area contributed by atoms with Gasteiger partial charge in [-0.15, -0.1) is 0 Å². The third kappa shape index (κ3) is 3.97. The van der Waals surface area contributed by atoms with E-state index in [0.717, 1.165) is 55.6 Å². The quantitative estimate of drug-likeness (QED) is 0.711. The Kier molecular flexibility index (Phi) is 4.86. The summed E-state index contributed by atoms with van der Waals surface area (Å²) in [5.74, 6) is 2.37. The lowest BCUT2D eigenvalue weighted by Crippen LogP contribution is -2.39. The number of carbonyl (C=O) groups excluding carboxylic acids is 1. The SMILES string of the molecule is Nc1nc(OC2C[C@@H]3C[C@@H]3C2)nc2c1NC(=O)CN2Cc1ccnc(CN2CCCC2)c1. The van der Waals surface area contributed by atoms with Crippen LogP contribution in [0.4, 0.5) is 17.3 Å². The number of nitrogens with one attached hydrogen (secondary N) is 1. The molecule has 2 aromatic heterocycles. The van der Waals surface area contributed by atoms with E-state index in [-0.39, 0.29) is 24.4 Å². The van der Waals surface area contributed by atoms with Crippen molar-refractivity contribution >= 4 is 23.2 Å². The fourth-order valence-electron chi connectivity index (χ4n) is 5.41. The zero-order valence-corrected chi connectivity index (χ0v) is 18.2. The molecule has 0 spiro atoms. The Labute approximate surface area is 187 Å². The molecule has 9 nitrogen and oxygen atoms in total. The minimum atomic E-state index is -0.122. The van der Waals surface area contributed by atoms with Crippen LogP contribution < -0.4 is 20.7 Å². The minimum absolute atomic E-state index is 0.122. The molecule has 0 aromatic carbocycles. The van der Waals surface area contributed by atoms with E-state index >= 15 is 0 Å². The van der Waals surface area contributed by atoms with E-state index in [1.807, 2.05) is 17.2 Å². The smallest absolute Gasteiger partial charge is 0.320 e. The summed E-state index contributed by atoms with van der Waals surface area (Å²) in [6, 6.07) is 4.42. The van der Waals surface area contributed by atoms with Crippen molar-refractivity contribution < 1.29 is 9.53 Å². The normalized spacial score (nSPS) is 26.6. The van der Waals surface area contributed by atoms with Crippen LogP contribution in [0, 0.1) is 11.8 Å². The average molecular weight is 436 g/mol. The molecule has 2 aliphatic carbocycles. The highest BCUT2D eigenvalue weighted by molar-refractivity contribution is 6.03. The molecule has 2 saturated carbocycles. The molecule has 168 valence electrons. The second kappa shape index (κ2) is 7.88. The van der Waals surface area contributed by atoms with Crippen LogP contribution in [0.15, 0.2) is 18.3 Å². The molecule has 0 radical (unpaired) electrons. The number of nitrogens with zero attached hydrogens (tertiary/aromatic N) is 5. The standard InChI is InChI=1S/C23H29N7O2/c24-21-20-22(28-23(27-21)32-18-9-15-8-16(15)10-18)30(13-19(31)26-20)11-14-3-4-25-17(7-14)12-29-5-1-2-6-29/h3-4,7,15-16,18H,1-2,5-6,8-13H2,(H,26,31)(H2,24,27,28)/t15-,16+,18?. The molecule has 32 heavy (non-hydrogen) atoms. The monoisotopic (exact) mass is 435 g/mol. The van der Waals surface area contributed by atoms with Crippen molar-refractivity contribution in [1.82, 2.24) is 19.9 Å². The van der Waals surface area contributed by atoms with Crippen molar-refractivity contribution in [3.63, 3.8) is 0 Å². The number of amides is 1. The number of rotatable bonds is 6. The zero-order valence-electron chi connectivity index (χ0n) is 18.2. The summed E-state index contributed by atoms with van der Waals surface area (Å²) in [7, 11) is 0. The predicted molar refractivity (Wildman–Crippen MR) is 120 cm³/mol. The van der Waals surface area contributed by atoms with Gasteiger partial charge in [0.05, 0.1) is 12.2 Å². The number of carbonyl (C=O) groups is 1. The van der Waals surface area contributed by atoms with Gasteiger partial charge in [0.25, 0.3) is 0 Å². The molecule has 2 aromatic rings. The lowest BCUT2D eigenvalue weighted by Gasteiger charge is -2.30. The third-order valence-electron chi connectivity index (χ3n) is 7.11. The highest BCUT2D eigenvalue weighted by Gasteiger charge is 2.47. The van der Waals surface area contributed by atoms with Crippen LogP contribution in [0.1, 0.15) is 43.4 Å². The van der Waals surface area contributed by atoms with E-state index in [0.29, 0.717) is 24.1 Å². The third-order valence-corrected chi connectivity index (χ3v) is 7.11. The molecular formula is C23H29N7O2. The van der Waals surface area contributed by atoms with Crippen LogP contribution in [0.2, 0.25) is 0 Å². The fraction of sp³-hybridized carbons (Fsp3) is 0.565. The van der Waals surface area contributed by atoms with Crippen molar-refractivity contribution in [1.29, 1.82) is 0 Å². The Balaban J connectivity index is 1.22. The highest BCUT2D eigenvalue weighted by atomic mass is 16.5. The van der Waals surface area contributed by atoms with E-state index in [9.17, 15) is 4.79 Å². The maximum Gasteiger partial charge on any atom is 0.320 e. The van der Waals surface area contributed by atoms with Crippen LogP contribution in [0.5, 0.6) is 6.01 Å². The molecule has 9 heteroatoms. The number of aromatic nitrogens is 3. The molecule has 3 N–H and O–H groups in total. The maximum atomic E-state index is 12.4. The van der Waals surface area contributed by atoms with Crippen molar-refractivity contribution in [2.45, 2.75) is 51.3 Å². The molecule has 3 fully saturated rings. The van der Waals surface area contributed by atoms with E-state index in [4.69, 9.17) is 10.5 Å². The predicted octanol–water partition coefficient (Wildman–Crippen LogP) is 2.19. The van der Waals surface area contributed by atoms with Gasteiger partial charge in [-0.05, 0) is 74.7 Å². The number of ether oxygens (including phenoxy) is 1. The Morgan fingerprint density at radius 2 is 1.94 bits per heavy atom. The maximum absolute atomic E-state index is 12.4. The molecule has 1 amide bonds. The number of likely N-dealkylation sites (tertiary alicyclic amines) is 1. The first-order valence-corrected chi connectivity index (χ1v) is 11.7. The molecule has 2 aliphatic heterocycles. The Morgan fingerprint density at radius 3 is 2.75 bits per heavy atom. The lowest BCUT2D eigenvalue weighted by molar-refractivity contribution is -0.115. The van der Waals surface area contributed by atoms with Gasteiger partial charge in [0.2, 0.25) is 5.91 Å². The highest BCUT2D eigenvalue weighted by Crippen LogP contribution is 2.52. The second-order valence-electron chi connectivity index (χ2n) is 9.60. The van der Waals surface area contributed by atoms with Crippen LogP contribution in [-0.4, -0.2) is 51.5 Å². The average Bonchev–Trinajstić information content (AvgIpc) is 3.11. The van der Waals surface area contributed by atoms with Gasteiger partial charge in [-0.3, -0.25) is 14.7 Å². The topological polar surface area (TPSA) is 109 Å². The number of nitrogens with two attached hydrogens (primary N) is 1. The second-order valence-corrected chi connectivity index (χ2v) is 9.60. The van der Waals surface area contributed by atoms with Crippen LogP contribution >= 0.6 is 0 Å². The molecule has 4 heterocycles. The molecule has 3 atom stereocenters. The summed E-state index contributed by atoms with van der Waals surface area (Å²) in [6.07, 6.45) is 8.00. The van der Waals surface area contributed by atoms with Crippen LogP contribution in [0.3, 0.4) is 0 Å². The Hall–Kier alpha value is -2.94. The Bertz CT molecular complexity index is 1030. The van der Waals surface area contributed by atoms with E-state index in [1.54, 1.807) is 0 Å². The number of hydrogen-bond donors (Lipinski definition) is 2. The number of nitrogen functional groups attached to an aromatic ring is 1. The molecule has 1 unspecified atom stereocenters. The first-order valence-electron chi connectivity index (χ1n) is 11.7. The van der Waals surface area contributed by atoms with Gasteiger partial charge in [-0.2, -0.15) is 9.97 Å². The first kappa shape index (κ1) is 19.7. The number of hydrogen-bond acceptors (Lipinski definition) is 8. The molecular weight excluding hydrogens is 406 g/mol. The van der Waals surface area contributed by atoms with Crippen molar-refractivity contribution in [3.05, 3.63) is 29.6 Å². The van der Waals surface area contributed by atoms with Crippen molar-refractivity contribution in [2.75, 3.05) is 35.6 Å². The van der Waals surface area contributed by atoms with E-state index in [1.165, 1.54) is 19.3 Å². The largest absolute Gasteiger partial charge is 0.460 e. The molecule has 4 aliphatic rings. The molecule has 0 bridgehead atoms. The number of anilines is 3. The van der Waals surface area contributed by atoms with E-state index in [2.05, 4.69) is 31.2 Å². The molecule has 6 rings (SSSR count). The molecule has 1 saturated heterocycles. The number of pyridine rings is 1. The summed E-state index contributed by atoms with van der Waals surface area (Å²) < 4.78 is 6.08. The lowest BCUT2D eigenvalue weighted by atomic mass is 10.2. The minimum Gasteiger partial charge on any atom is -0.460 e. The Morgan fingerprint density at radius 1 is 1.12 bits per heavy atom. The zero-order chi connectivity index (χ0) is 21.7. The van der Waals surface area contributed by atoms with Gasteiger partial charge in [0, 0.05) is 19.3 Å². The fourth-order valence-corrected chi connectivity index (χ4v) is 5.41. The van der Waals surface area contributed by atoms with Crippen LogP contribution in [0.25, 0.3) is 0 Å². The van der Waals surface area contributed by atoms with Crippen molar-refractivity contribution in [3.8, 4) is 6.01 Å². The van der Waals surface area contributed by atoms with Crippen LogP contribution in [-0.2, 0) is 17.9 Å². The summed E-state index contributed by atoms with van der Waals surface area (Å²) in [5.41, 5.74) is 8.81. The van der Waals surface area contributed by atoms with E-state index < -0.39 is 0 Å². The summed E-state index contributed by atoms with van der Waals surface area (Å²) in [4.78, 5) is 30.3. The van der Waals surface area contributed by atoms with Gasteiger partial charge in [-0.25, -0.2) is 0 Å². The summed E-state index contributed by atoms with van der Waals surface area (Å²) in [5, 5.41) is 2.83.